The van der Waals surface area contributed by atoms with E-state index in [0.717, 1.165) is 22.4 Å². The van der Waals surface area contributed by atoms with E-state index in [2.05, 4.69) is 11.9 Å². The second-order valence-electron chi connectivity index (χ2n) is 5.08. The minimum atomic E-state index is -0.0956. The number of carbonyl (C=O) groups is 1. The summed E-state index contributed by atoms with van der Waals surface area (Å²) in [4.78, 5) is 12.3. The van der Waals surface area contributed by atoms with Crippen LogP contribution in [0.25, 0.3) is 5.57 Å². The Labute approximate surface area is 120 Å². The standard InChI is InChI=1S/C18H19NO/c1-12(2)16-7-5-6-8-17(16)19-18(20)15-10-9-13(3)14(4)11-15/h5-11H,1H2,2-4H3,(H,19,20). The Morgan fingerprint density at radius 2 is 1.75 bits per heavy atom. The van der Waals surface area contributed by atoms with Crippen LogP contribution in [0.15, 0.2) is 49.0 Å². The molecule has 2 heteroatoms. The van der Waals surface area contributed by atoms with E-state index in [1.807, 2.05) is 63.2 Å². The lowest BCUT2D eigenvalue weighted by Gasteiger charge is -2.11. The maximum absolute atomic E-state index is 12.3. The first-order valence-electron chi connectivity index (χ1n) is 6.62. The molecule has 20 heavy (non-hydrogen) atoms. The van der Waals surface area contributed by atoms with Gasteiger partial charge in [-0.1, -0.05) is 30.8 Å². The van der Waals surface area contributed by atoms with Gasteiger partial charge >= 0.3 is 0 Å². The zero-order valence-corrected chi connectivity index (χ0v) is 12.2. The molecule has 0 fully saturated rings. The second kappa shape index (κ2) is 5.74. The molecule has 1 N–H and O–H groups in total. The van der Waals surface area contributed by atoms with Crippen LogP contribution < -0.4 is 5.32 Å². The van der Waals surface area contributed by atoms with E-state index >= 15 is 0 Å². The number of hydrogen-bond donors (Lipinski definition) is 1. The molecule has 2 aromatic carbocycles. The van der Waals surface area contributed by atoms with Crippen LogP contribution in [-0.2, 0) is 0 Å². The minimum Gasteiger partial charge on any atom is -0.321 e. The average molecular weight is 265 g/mol. The maximum Gasteiger partial charge on any atom is 0.255 e. The molecule has 0 heterocycles. The minimum absolute atomic E-state index is 0.0956. The van der Waals surface area contributed by atoms with Crippen molar-refractivity contribution in [2.45, 2.75) is 20.8 Å². The van der Waals surface area contributed by atoms with Gasteiger partial charge in [0.2, 0.25) is 0 Å². The highest BCUT2D eigenvalue weighted by atomic mass is 16.1. The molecule has 1 amide bonds. The Balaban J connectivity index is 2.28. The van der Waals surface area contributed by atoms with Crippen LogP contribution in [0.5, 0.6) is 0 Å². The second-order valence-corrected chi connectivity index (χ2v) is 5.08. The van der Waals surface area contributed by atoms with Gasteiger partial charge in [0, 0.05) is 16.8 Å². The molecule has 0 aliphatic rings. The number of amides is 1. The van der Waals surface area contributed by atoms with Crippen molar-refractivity contribution in [3.05, 3.63) is 71.3 Å². The number of rotatable bonds is 3. The number of nitrogens with one attached hydrogen (secondary N) is 1. The SMILES string of the molecule is C=C(C)c1ccccc1NC(=O)c1ccc(C)c(C)c1. The molecule has 2 rings (SSSR count). The average Bonchev–Trinajstić information content (AvgIpc) is 2.42. The predicted molar refractivity (Wildman–Crippen MR) is 85.0 cm³/mol. The molecule has 0 bridgehead atoms. The van der Waals surface area contributed by atoms with Crippen molar-refractivity contribution in [1.82, 2.24) is 0 Å². The summed E-state index contributed by atoms with van der Waals surface area (Å²) >= 11 is 0. The summed E-state index contributed by atoms with van der Waals surface area (Å²) in [5.74, 6) is -0.0956. The van der Waals surface area contributed by atoms with E-state index < -0.39 is 0 Å². The van der Waals surface area contributed by atoms with Gasteiger partial charge in [-0.25, -0.2) is 0 Å². The number of hydrogen-bond acceptors (Lipinski definition) is 1. The number of para-hydroxylation sites is 1. The topological polar surface area (TPSA) is 29.1 Å². The van der Waals surface area contributed by atoms with Gasteiger partial charge in [0.15, 0.2) is 0 Å². The van der Waals surface area contributed by atoms with E-state index in [4.69, 9.17) is 0 Å². The Morgan fingerprint density at radius 3 is 2.40 bits per heavy atom. The summed E-state index contributed by atoms with van der Waals surface area (Å²) in [6, 6.07) is 13.4. The molecule has 0 aliphatic carbocycles. The number of carbonyl (C=O) groups excluding carboxylic acids is 1. The summed E-state index contributed by atoms with van der Waals surface area (Å²) in [5, 5.41) is 2.96. The Bertz CT molecular complexity index is 671. The lowest BCUT2D eigenvalue weighted by Crippen LogP contribution is -2.13. The maximum atomic E-state index is 12.3. The highest BCUT2D eigenvalue weighted by molar-refractivity contribution is 6.05. The van der Waals surface area contributed by atoms with Gasteiger partial charge in [-0.05, 0) is 55.7 Å². The van der Waals surface area contributed by atoms with Gasteiger partial charge in [0.25, 0.3) is 5.91 Å². The smallest absolute Gasteiger partial charge is 0.255 e. The van der Waals surface area contributed by atoms with Crippen molar-refractivity contribution < 1.29 is 4.79 Å². The van der Waals surface area contributed by atoms with E-state index in [1.165, 1.54) is 5.56 Å². The Kier molecular flexibility index (Phi) is 4.04. The van der Waals surface area contributed by atoms with Crippen LogP contribution in [0, 0.1) is 13.8 Å². The fraction of sp³-hybridized carbons (Fsp3) is 0.167. The molecule has 2 aromatic rings. The van der Waals surface area contributed by atoms with Crippen LogP contribution >= 0.6 is 0 Å². The molecule has 102 valence electrons. The Hall–Kier alpha value is -2.35. The monoisotopic (exact) mass is 265 g/mol. The number of benzene rings is 2. The molecule has 0 aromatic heterocycles. The molecule has 0 saturated heterocycles. The van der Waals surface area contributed by atoms with E-state index in [0.29, 0.717) is 5.56 Å². The molecule has 0 atom stereocenters. The summed E-state index contributed by atoms with van der Waals surface area (Å²) in [5.41, 5.74) is 5.66. The fourth-order valence-corrected chi connectivity index (χ4v) is 2.04. The van der Waals surface area contributed by atoms with Crippen molar-refractivity contribution in [3.63, 3.8) is 0 Å². The van der Waals surface area contributed by atoms with Crippen molar-refractivity contribution in [1.29, 1.82) is 0 Å². The van der Waals surface area contributed by atoms with E-state index in [9.17, 15) is 4.79 Å². The van der Waals surface area contributed by atoms with Crippen molar-refractivity contribution in [3.8, 4) is 0 Å². The van der Waals surface area contributed by atoms with Gasteiger partial charge in [0.05, 0.1) is 0 Å². The summed E-state index contributed by atoms with van der Waals surface area (Å²) in [6.45, 7) is 9.92. The molecule has 2 nitrogen and oxygen atoms in total. The van der Waals surface area contributed by atoms with Crippen LogP contribution in [0.3, 0.4) is 0 Å². The normalized spacial score (nSPS) is 10.2. The molecular weight excluding hydrogens is 246 g/mol. The summed E-state index contributed by atoms with van der Waals surface area (Å²) in [7, 11) is 0. The van der Waals surface area contributed by atoms with Crippen molar-refractivity contribution in [2.75, 3.05) is 5.32 Å². The molecule has 0 unspecified atom stereocenters. The molecule has 0 radical (unpaired) electrons. The lowest BCUT2D eigenvalue weighted by molar-refractivity contribution is 0.102. The van der Waals surface area contributed by atoms with Gasteiger partial charge in [-0.2, -0.15) is 0 Å². The highest BCUT2D eigenvalue weighted by Gasteiger charge is 2.09. The van der Waals surface area contributed by atoms with Crippen LogP contribution in [0.2, 0.25) is 0 Å². The number of allylic oxidation sites excluding steroid dienone is 1. The molecule has 0 saturated carbocycles. The first kappa shape index (κ1) is 14.1. The quantitative estimate of drug-likeness (QED) is 0.864. The third-order valence-electron chi connectivity index (χ3n) is 3.40. The zero-order chi connectivity index (χ0) is 14.7. The van der Waals surface area contributed by atoms with Crippen LogP contribution in [-0.4, -0.2) is 5.91 Å². The van der Waals surface area contributed by atoms with E-state index in [1.54, 1.807) is 0 Å². The Morgan fingerprint density at radius 1 is 1.05 bits per heavy atom. The van der Waals surface area contributed by atoms with Crippen molar-refractivity contribution >= 4 is 17.2 Å². The molecule has 0 aliphatic heterocycles. The van der Waals surface area contributed by atoms with Crippen molar-refractivity contribution in [2.24, 2.45) is 0 Å². The third-order valence-corrected chi connectivity index (χ3v) is 3.40. The van der Waals surface area contributed by atoms with Gasteiger partial charge in [-0.15, -0.1) is 0 Å². The largest absolute Gasteiger partial charge is 0.321 e. The lowest BCUT2D eigenvalue weighted by atomic mass is 10.0. The predicted octanol–water partition coefficient (Wildman–Crippen LogP) is 4.59. The molecule has 0 spiro atoms. The summed E-state index contributed by atoms with van der Waals surface area (Å²) in [6.07, 6.45) is 0. The highest BCUT2D eigenvalue weighted by Crippen LogP contribution is 2.22. The first-order chi connectivity index (χ1) is 9.49. The van der Waals surface area contributed by atoms with Crippen LogP contribution in [0.4, 0.5) is 5.69 Å². The fourth-order valence-electron chi connectivity index (χ4n) is 2.04. The first-order valence-corrected chi connectivity index (χ1v) is 6.62. The van der Waals surface area contributed by atoms with Gasteiger partial charge in [0.1, 0.15) is 0 Å². The van der Waals surface area contributed by atoms with Gasteiger partial charge in [-0.3, -0.25) is 4.79 Å². The summed E-state index contributed by atoms with van der Waals surface area (Å²) < 4.78 is 0. The van der Waals surface area contributed by atoms with E-state index in [-0.39, 0.29) is 5.91 Å². The number of aryl methyl sites for hydroxylation is 2. The third kappa shape index (κ3) is 2.97. The van der Waals surface area contributed by atoms with Crippen LogP contribution in [0.1, 0.15) is 34.0 Å². The van der Waals surface area contributed by atoms with Gasteiger partial charge < -0.3 is 5.32 Å². The number of anilines is 1. The zero-order valence-electron chi connectivity index (χ0n) is 12.2. The molecular formula is C18H19NO.